The van der Waals surface area contributed by atoms with E-state index in [1.807, 2.05) is 0 Å². The Kier molecular flexibility index (Phi) is 6.76. The summed E-state index contributed by atoms with van der Waals surface area (Å²) in [6.07, 6.45) is 0. The van der Waals surface area contributed by atoms with Gasteiger partial charge < -0.3 is 4.74 Å². The van der Waals surface area contributed by atoms with E-state index in [1.54, 1.807) is 0 Å². The van der Waals surface area contributed by atoms with Gasteiger partial charge in [-0.2, -0.15) is 56.7 Å². The van der Waals surface area contributed by atoms with Crippen LogP contribution in [0.1, 0.15) is 6.92 Å². The highest BCUT2D eigenvalue weighted by molar-refractivity contribution is 7.87. The summed E-state index contributed by atoms with van der Waals surface area (Å²) in [6, 6.07) is 0. The first kappa shape index (κ1) is 24.1. The van der Waals surface area contributed by atoms with E-state index in [4.69, 9.17) is 0 Å². The van der Waals surface area contributed by atoms with Gasteiger partial charge in [-0.15, -0.1) is 0 Å². The average molecular weight is 422 g/mol. The number of hydrogen-bond acceptors (Lipinski definition) is 4. The second-order valence-electron chi connectivity index (χ2n) is 4.36. The van der Waals surface area contributed by atoms with Gasteiger partial charge >= 0.3 is 39.3 Å². The minimum Gasteiger partial charge on any atom is -0.375 e. The summed E-state index contributed by atoms with van der Waals surface area (Å²) < 4.78 is 167. The van der Waals surface area contributed by atoms with Crippen LogP contribution in [0.25, 0.3) is 0 Å². The lowest BCUT2D eigenvalue weighted by Gasteiger charge is -2.36. The molecule has 0 aliphatic heterocycles. The van der Waals surface area contributed by atoms with Crippen molar-refractivity contribution in [3.8, 4) is 0 Å². The highest BCUT2D eigenvalue weighted by Gasteiger charge is 2.80. The lowest BCUT2D eigenvalue weighted by Crippen LogP contribution is -2.64. The molecule has 25 heavy (non-hydrogen) atoms. The van der Waals surface area contributed by atoms with Crippen molar-refractivity contribution in [2.45, 2.75) is 36.1 Å². The molecule has 16 heteroatoms. The minimum atomic E-state index is -6.98. The zero-order valence-corrected chi connectivity index (χ0v) is 12.6. The molecule has 4 nitrogen and oxygen atoms in total. The molecule has 0 fully saturated rings. The molecule has 152 valence electrons. The lowest BCUT2D eigenvalue weighted by atomic mass is 9.99. The first-order valence-corrected chi connectivity index (χ1v) is 7.22. The van der Waals surface area contributed by atoms with E-state index < -0.39 is 59.1 Å². The molecule has 0 aromatic rings. The molecular weight excluding hydrogens is 413 g/mol. The van der Waals surface area contributed by atoms with E-state index in [-0.39, 0.29) is 0 Å². The standard InChI is InChI=1S/C9H9F11O4S/c1-2-23-3-5(10,11)7(14,15)8(16,17)6(12,13)4-24-25(21,22)9(18,19)20/h2-4H2,1H3. The number of ether oxygens (including phenoxy) is 1. The largest absolute Gasteiger partial charge is 0.523 e. The predicted octanol–water partition coefficient (Wildman–Crippen LogP) is 3.43. The molecule has 0 aliphatic carbocycles. The quantitative estimate of drug-likeness (QED) is 0.325. The van der Waals surface area contributed by atoms with Crippen LogP contribution in [0.3, 0.4) is 0 Å². The second-order valence-corrected chi connectivity index (χ2v) is 5.96. The summed E-state index contributed by atoms with van der Waals surface area (Å²) in [5.74, 6) is -26.1. The Bertz CT molecular complexity index is 554. The fourth-order valence-corrected chi connectivity index (χ4v) is 1.53. The smallest absolute Gasteiger partial charge is 0.375 e. The first-order valence-electron chi connectivity index (χ1n) is 5.81. The van der Waals surface area contributed by atoms with E-state index in [0.717, 1.165) is 6.92 Å². The van der Waals surface area contributed by atoms with Crippen LogP contribution in [0.2, 0.25) is 0 Å². The molecule has 0 unspecified atom stereocenters. The number of hydrogen-bond donors (Lipinski definition) is 0. The maximum absolute atomic E-state index is 13.2. The van der Waals surface area contributed by atoms with Crippen molar-refractivity contribution < 1.29 is 65.6 Å². The fourth-order valence-electron chi connectivity index (χ4n) is 1.09. The van der Waals surface area contributed by atoms with E-state index in [2.05, 4.69) is 8.92 Å². The number of alkyl halides is 11. The highest BCUT2D eigenvalue weighted by atomic mass is 32.2. The number of halogens is 11. The van der Waals surface area contributed by atoms with Gasteiger partial charge in [-0.1, -0.05) is 0 Å². The molecule has 0 rings (SSSR count). The molecule has 0 radical (unpaired) electrons. The highest BCUT2D eigenvalue weighted by Crippen LogP contribution is 2.52. The Hall–Kier alpha value is -0.900. The third kappa shape index (κ3) is 4.64. The van der Waals surface area contributed by atoms with Crippen molar-refractivity contribution in [1.82, 2.24) is 0 Å². The van der Waals surface area contributed by atoms with Crippen molar-refractivity contribution >= 4 is 10.1 Å². The topological polar surface area (TPSA) is 52.6 Å². The van der Waals surface area contributed by atoms with Crippen LogP contribution in [0, 0.1) is 0 Å². The monoisotopic (exact) mass is 422 g/mol. The van der Waals surface area contributed by atoms with E-state index in [0.29, 0.717) is 0 Å². The fraction of sp³-hybridized carbons (Fsp3) is 1.00. The molecule has 0 saturated heterocycles. The van der Waals surface area contributed by atoms with Gasteiger partial charge in [0.1, 0.15) is 13.2 Å². The summed E-state index contributed by atoms with van der Waals surface area (Å²) in [7, 11) is -6.86. The zero-order valence-electron chi connectivity index (χ0n) is 11.8. The van der Waals surface area contributed by atoms with Crippen LogP contribution in [-0.4, -0.2) is 57.4 Å². The van der Waals surface area contributed by atoms with E-state index in [1.165, 1.54) is 0 Å². The molecule has 0 aromatic heterocycles. The summed E-state index contributed by atoms with van der Waals surface area (Å²) in [5, 5.41) is 0. The molecule has 0 heterocycles. The van der Waals surface area contributed by atoms with Crippen LogP contribution in [-0.2, 0) is 19.0 Å². The third-order valence-electron chi connectivity index (χ3n) is 2.48. The van der Waals surface area contributed by atoms with Gasteiger partial charge in [-0.05, 0) is 6.92 Å². The van der Waals surface area contributed by atoms with Gasteiger partial charge in [0.15, 0.2) is 0 Å². The number of rotatable bonds is 9. The molecule has 0 aromatic carbocycles. The predicted molar refractivity (Wildman–Crippen MR) is 57.2 cm³/mol. The van der Waals surface area contributed by atoms with Crippen molar-refractivity contribution in [3.63, 3.8) is 0 Å². The zero-order chi connectivity index (χ0) is 20.5. The average Bonchev–Trinajstić information content (AvgIpc) is 2.41. The van der Waals surface area contributed by atoms with Gasteiger partial charge in [-0.25, -0.2) is 0 Å². The Labute approximate surface area is 133 Å². The van der Waals surface area contributed by atoms with E-state index in [9.17, 15) is 56.7 Å². The Morgan fingerprint density at radius 1 is 0.720 bits per heavy atom. The molecular formula is C9H9F11O4S. The molecule has 0 bridgehead atoms. The van der Waals surface area contributed by atoms with Crippen molar-refractivity contribution in [3.05, 3.63) is 0 Å². The summed E-state index contributed by atoms with van der Waals surface area (Å²) in [6.45, 7) is -5.57. The Balaban J connectivity index is 5.59. The molecule has 0 N–H and O–H groups in total. The van der Waals surface area contributed by atoms with Crippen LogP contribution in [0.4, 0.5) is 48.3 Å². The molecule has 0 spiro atoms. The Morgan fingerprint density at radius 2 is 1.08 bits per heavy atom. The molecule has 0 saturated carbocycles. The summed E-state index contributed by atoms with van der Waals surface area (Å²) in [5.41, 5.74) is -6.33. The summed E-state index contributed by atoms with van der Waals surface area (Å²) >= 11 is 0. The van der Waals surface area contributed by atoms with Gasteiger partial charge in [0.2, 0.25) is 0 Å². The van der Waals surface area contributed by atoms with Crippen LogP contribution in [0.5, 0.6) is 0 Å². The molecule has 0 aliphatic rings. The Morgan fingerprint density at radius 3 is 1.40 bits per heavy atom. The van der Waals surface area contributed by atoms with Crippen LogP contribution >= 0.6 is 0 Å². The normalized spacial score (nSPS) is 15.5. The van der Waals surface area contributed by atoms with Crippen molar-refractivity contribution in [2.24, 2.45) is 0 Å². The maximum atomic E-state index is 13.2. The summed E-state index contributed by atoms with van der Waals surface area (Å²) in [4.78, 5) is 0. The molecule has 0 atom stereocenters. The SMILES string of the molecule is CCOCC(F)(F)C(F)(F)C(F)(F)C(F)(F)COS(=O)(=O)C(F)(F)F. The van der Waals surface area contributed by atoms with Gasteiger partial charge in [-0.3, -0.25) is 4.18 Å². The van der Waals surface area contributed by atoms with Gasteiger partial charge in [0.25, 0.3) is 0 Å². The minimum absolute atomic E-state index is 0.680. The first-order chi connectivity index (χ1) is 10.8. The second kappa shape index (κ2) is 7.02. The lowest BCUT2D eigenvalue weighted by molar-refractivity contribution is -0.374. The van der Waals surface area contributed by atoms with Crippen molar-refractivity contribution in [1.29, 1.82) is 0 Å². The molecule has 0 amide bonds. The van der Waals surface area contributed by atoms with Crippen LogP contribution in [0.15, 0.2) is 0 Å². The van der Waals surface area contributed by atoms with Crippen molar-refractivity contribution in [2.75, 3.05) is 19.8 Å². The van der Waals surface area contributed by atoms with E-state index >= 15 is 0 Å². The third-order valence-corrected chi connectivity index (χ3v) is 3.47. The van der Waals surface area contributed by atoms with Crippen LogP contribution < -0.4 is 0 Å². The maximum Gasteiger partial charge on any atom is 0.523 e. The van der Waals surface area contributed by atoms with Gasteiger partial charge in [0.05, 0.1) is 0 Å². The van der Waals surface area contributed by atoms with Gasteiger partial charge in [0, 0.05) is 6.61 Å².